The van der Waals surface area contributed by atoms with Gasteiger partial charge in [-0.3, -0.25) is 0 Å². The zero-order valence-corrected chi connectivity index (χ0v) is 12.5. The molecular formula is C14H18ClN3O2. The quantitative estimate of drug-likeness (QED) is 0.619. The van der Waals surface area contributed by atoms with Crippen LogP contribution in [0.1, 0.15) is 25.1 Å². The van der Waals surface area contributed by atoms with E-state index in [0.29, 0.717) is 19.8 Å². The first-order valence-electron chi connectivity index (χ1n) is 6.74. The maximum Gasteiger partial charge on any atom is 0.224 e. The molecule has 1 fully saturated rings. The Morgan fingerprint density at radius 2 is 2.30 bits per heavy atom. The molecule has 3 rings (SSSR count). The van der Waals surface area contributed by atoms with E-state index in [2.05, 4.69) is 28.4 Å². The van der Waals surface area contributed by atoms with Crippen LogP contribution >= 0.6 is 11.6 Å². The number of hydrogen-bond acceptors (Lipinski definition) is 5. The first-order chi connectivity index (χ1) is 9.55. The van der Waals surface area contributed by atoms with Crippen molar-refractivity contribution in [3.8, 4) is 0 Å². The van der Waals surface area contributed by atoms with Crippen LogP contribution in [0, 0.1) is 0 Å². The third kappa shape index (κ3) is 2.10. The van der Waals surface area contributed by atoms with Gasteiger partial charge in [-0.25, -0.2) is 9.97 Å². The van der Waals surface area contributed by atoms with Crippen molar-refractivity contribution in [3.63, 3.8) is 0 Å². The highest BCUT2D eigenvalue weighted by molar-refractivity contribution is 6.28. The standard InChI is InChI=1S/C14H18ClN3O2/c1-4-14(3)11-10(8-20-14)12(17-13(15)16-11)18-5-6-19-7-9(18)2/h4,9H,1,5-8H2,2-3H3/t9-,14?/m0/s1. The lowest BCUT2D eigenvalue weighted by Crippen LogP contribution is -2.44. The molecule has 3 heterocycles. The predicted molar refractivity (Wildman–Crippen MR) is 77.0 cm³/mol. The molecule has 0 spiro atoms. The number of anilines is 1. The molecule has 0 aliphatic carbocycles. The van der Waals surface area contributed by atoms with E-state index >= 15 is 0 Å². The normalized spacial score (nSPS) is 29.4. The Morgan fingerprint density at radius 3 is 3.00 bits per heavy atom. The topological polar surface area (TPSA) is 47.5 Å². The van der Waals surface area contributed by atoms with Gasteiger partial charge in [-0.2, -0.15) is 0 Å². The molecule has 0 amide bonds. The number of ether oxygens (including phenoxy) is 2. The van der Waals surface area contributed by atoms with Crippen LogP contribution < -0.4 is 4.90 Å². The second kappa shape index (κ2) is 4.98. The predicted octanol–water partition coefficient (Wildman–Crippen LogP) is 2.29. The molecule has 2 aliphatic rings. The van der Waals surface area contributed by atoms with Gasteiger partial charge in [0.05, 0.1) is 31.6 Å². The monoisotopic (exact) mass is 295 g/mol. The molecular weight excluding hydrogens is 278 g/mol. The molecule has 0 bridgehead atoms. The van der Waals surface area contributed by atoms with E-state index in [-0.39, 0.29) is 11.3 Å². The number of halogens is 1. The maximum absolute atomic E-state index is 6.11. The van der Waals surface area contributed by atoms with E-state index in [1.165, 1.54) is 0 Å². The van der Waals surface area contributed by atoms with Crippen molar-refractivity contribution in [2.45, 2.75) is 32.1 Å². The molecule has 0 saturated carbocycles. The fourth-order valence-corrected chi connectivity index (χ4v) is 2.88. The van der Waals surface area contributed by atoms with Gasteiger partial charge in [-0.05, 0) is 25.4 Å². The molecule has 108 valence electrons. The van der Waals surface area contributed by atoms with E-state index in [9.17, 15) is 0 Å². The summed E-state index contributed by atoms with van der Waals surface area (Å²) in [5.74, 6) is 0.862. The Hall–Kier alpha value is -1.17. The second-order valence-corrected chi connectivity index (χ2v) is 5.70. The Morgan fingerprint density at radius 1 is 1.50 bits per heavy atom. The number of fused-ring (bicyclic) bond motifs is 1. The zero-order valence-electron chi connectivity index (χ0n) is 11.7. The van der Waals surface area contributed by atoms with Gasteiger partial charge in [-0.1, -0.05) is 12.7 Å². The zero-order chi connectivity index (χ0) is 14.3. The average molecular weight is 296 g/mol. The minimum Gasteiger partial charge on any atom is -0.377 e. The van der Waals surface area contributed by atoms with Crippen molar-refractivity contribution >= 4 is 17.4 Å². The molecule has 0 aromatic carbocycles. The number of hydrogen-bond donors (Lipinski definition) is 0. The summed E-state index contributed by atoms with van der Waals surface area (Å²) in [6.45, 7) is 10.6. The van der Waals surface area contributed by atoms with Crippen LogP contribution in [0.5, 0.6) is 0 Å². The average Bonchev–Trinajstić information content (AvgIpc) is 2.77. The van der Waals surface area contributed by atoms with Crippen LogP contribution in [-0.4, -0.2) is 35.8 Å². The van der Waals surface area contributed by atoms with E-state index < -0.39 is 5.60 Å². The van der Waals surface area contributed by atoms with Crippen LogP contribution in [0.3, 0.4) is 0 Å². The second-order valence-electron chi connectivity index (χ2n) is 5.36. The summed E-state index contributed by atoms with van der Waals surface area (Å²) in [5.41, 5.74) is 1.23. The minimum absolute atomic E-state index is 0.246. The van der Waals surface area contributed by atoms with Crippen LogP contribution in [0.2, 0.25) is 5.28 Å². The van der Waals surface area contributed by atoms with Gasteiger partial charge < -0.3 is 14.4 Å². The summed E-state index contributed by atoms with van der Waals surface area (Å²) < 4.78 is 11.3. The van der Waals surface area contributed by atoms with Crippen LogP contribution in [0.15, 0.2) is 12.7 Å². The van der Waals surface area contributed by atoms with Gasteiger partial charge >= 0.3 is 0 Å². The molecule has 20 heavy (non-hydrogen) atoms. The Balaban J connectivity index is 2.09. The molecule has 6 heteroatoms. The Labute approximate surface area is 123 Å². The Bertz CT molecular complexity index is 551. The van der Waals surface area contributed by atoms with Gasteiger partial charge in [0.2, 0.25) is 5.28 Å². The first-order valence-corrected chi connectivity index (χ1v) is 7.12. The van der Waals surface area contributed by atoms with E-state index in [1.54, 1.807) is 6.08 Å². The maximum atomic E-state index is 6.11. The molecule has 0 radical (unpaired) electrons. The van der Waals surface area contributed by atoms with Crippen molar-refractivity contribution in [1.29, 1.82) is 0 Å². The molecule has 1 aromatic rings. The summed E-state index contributed by atoms with van der Waals surface area (Å²) >= 11 is 6.11. The van der Waals surface area contributed by atoms with Crippen molar-refractivity contribution in [3.05, 3.63) is 29.2 Å². The smallest absolute Gasteiger partial charge is 0.224 e. The molecule has 2 aliphatic heterocycles. The van der Waals surface area contributed by atoms with Crippen molar-refractivity contribution < 1.29 is 9.47 Å². The lowest BCUT2D eigenvalue weighted by molar-refractivity contribution is 0.0141. The third-order valence-corrected chi connectivity index (χ3v) is 4.14. The van der Waals surface area contributed by atoms with Crippen LogP contribution in [0.4, 0.5) is 5.82 Å². The summed E-state index contributed by atoms with van der Waals surface area (Å²) in [6, 6.07) is 0.259. The number of aromatic nitrogens is 2. The van der Waals surface area contributed by atoms with E-state index in [4.69, 9.17) is 21.1 Å². The van der Waals surface area contributed by atoms with Gasteiger partial charge in [0.25, 0.3) is 0 Å². The first kappa shape index (κ1) is 13.8. The Kier molecular flexibility index (Phi) is 3.44. The highest BCUT2D eigenvalue weighted by Gasteiger charge is 2.39. The van der Waals surface area contributed by atoms with Crippen molar-refractivity contribution in [1.82, 2.24) is 9.97 Å². The minimum atomic E-state index is -0.591. The fourth-order valence-electron chi connectivity index (χ4n) is 2.71. The number of nitrogens with zero attached hydrogens (tertiary/aromatic N) is 3. The molecule has 1 aromatic heterocycles. The lowest BCUT2D eigenvalue weighted by Gasteiger charge is -2.35. The van der Waals surface area contributed by atoms with Crippen molar-refractivity contribution in [2.24, 2.45) is 0 Å². The SMILES string of the molecule is C=CC1(C)OCc2c(N3CCOC[C@@H]3C)nc(Cl)nc21. The van der Waals surface area contributed by atoms with E-state index in [1.807, 2.05) is 6.92 Å². The van der Waals surface area contributed by atoms with Crippen LogP contribution in [0.25, 0.3) is 0 Å². The molecule has 1 saturated heterocycles. The van der Waals surface area contributed by atoms with Gasteiger partial charge in [-0.15, -0.1) is 0 Å². The largest absolute Gasteiger partial charge is 0.377 e. The summed E-state index contributed by atoms with van der Waals surface area (Å²) in [6.07, 6.45) is 1.76. The van der Waals surface area contributed by atoms with Crippen molar-refractivity contribution in [2.75, 3.05) is 24.7 Å². The molecule has 0 N–H and O–H groups in total. The number of morpholine rings is 1. The van der Waals surface area contributed by atoms with Gasteiger partial charge in [0, 0.05) is 12.1 Å². The lowest BCUT2D eigenvalue weighted by atomic mass is 10.0. The molecule has 2 atom stereocenters. The highest BCUT2D eigenvalue weighted by Crippen LogP contribution is 2.40. The highest BCUT2D eigenvalue weighted by atomic mass is 35.5. The molecule has 1 unspecified atom stereocenters. The molecule has 5 nitrogen and oxygen atoms in total. The fraction of sp³-hybridized carbons (Fsp3) is 0.571. The number of rotatable bonds is 2. The van der Waals surface area contributed by atoms with Gasteiger partial charge in [0.1, 0.15) is 11.4 Å². The summed E-state index contributed by atoms with van der Waals surface area (Å²) in [4.78, 5) is 11.0. The summed E-state index contributed by atoms with van der Waals surface area (Å²) in [7, 11) is 0. The van der Waals surface area contributed by atoms with E-state index in [0.717, 1.165) is 23.6 Å². The summed E-state index contributed by atoms with van der Waals surface area (Å²) in [5, 5.41) is 0.246. The van der Waals surface area contributed by atoms with Gasteiger partial charge in [0.15, 0.2) is 0 Å². The van der Waals surface area contributed by atoms with Crippen LogP contribution in [-0.2, 0) is 21.7 Å². The third-order valence-electron chi connectivity index (χ3n) is 3.97.